The molecule has 8 nitrogen and oxygen atoms in total. The number of carbonyl (C=O) groups excluding carboxylic acids is 1. The Hall–Kier alpha value is -1.42. The normalized spacial score (nSPS) is 28.9. The minimum Gasteiger partial charge on any atom is -0.388 e. The van der Waals surface area contributed by atoms with E-state index in [2.05, 4.69) is 15.2 Å². The Morgan fingerprint density at radius 2 is 2.11 bits per heavy atom. The van der Waals surface area contributed by atoms with E-state index in [0.29, 0.717) is 51.2 Å². The smallest absolute Gasteiger partial charge is 0.268 e. The van der Waals surface area contributed by atoms with Crippen LogP contribution in [0.1, 0.15) is 36.7 Å². The number of amides is 1. The summed E-state index contributed by atoms with van der Waals surface area (Å²) in [5, 5.41) is 14.1. The van der Waals surface area contributed by atoms with Gasteiger partial charge in [0.15, 0.2) is 0 Å². The maximum atomic E-state index is 12.5. The molecule has 1 amide bonds. The van der Waals surface area contributed by atoms with Gasteiger partial charge in [0.1, 0.15) is 21.6 Å². The molecule has 27 heavy (non-hydrogen) atoms. The number of carbonyl (C=O) groups is 1. The van der Waals surface area contributed by atoms with E-state index in [4.69, 9.17) is 4.74 Å². The molecule has 2 aliphatic rings. The molecule has 3 N–H and O–H groups in total. The lowest BCUT2D eigenvalue weighted by Gasteiger charge is -2.53. The fraction of sp³-hybridized carbons (Fsp3) is 0.722. The van der Waals surface area contributed by atoms with Gasteiger partial charge in [-0.15, -0.1) is 0 Å². The third-order valence-electron chi connectivity index (χ3n) is 5.84. The number of aliphatic hydroxyl groups is 1. The lowest BCUT2D eigenvalue weighted by atomic mass is 9.73. The first-order valence-electron chi connectivity index (χ1n) is 9.32. The van der Waals surface area contributed by atoms with Gasteiger partial charge in [-0.05, 0) is 38.3 Å². The number of ether oxygens (including phenoxy) is 1. The Bertz CT molecular complexity index is 756. The van der Waals surface area contributed by atoms with Crippen LogP contribution in [0.25, 0.3) is 0 Å². The van der Waals surface area contributed by atoms with Crippen LogP contribution in [-0.2, 0) is 14.6 Å². The van der Waals surface area contributed by atoms with Crippen molar-refractivity contribution in [3.8, 4) is 0 Å². The Labute approximate surface area is 160 Å². The van der Waals surface area contributed by atoms with Crippen LogP contribution in [0.5, 0.6) is 0 Å². The Kier molecular flexibility index (Phi) is 5.67. The van der Waals surface area contributed by atoms with E-state index in [0.717, 1.165) is 0 Å². The second-order valence-corrected chi connectivity index (χ2v) is 10.3. The molecule has 2 atom stereocenters. The molecule has 1 aromatic rings. The molecule has 2 fully saturated rings. The lowest BCUT2D eigenvalue weighted by molar-refractivity contribution is -0.205. The van der Waals surface area contributed by atoms with Gasteiger partial charge in [-0.2, -0.15) is 0 Å². The second-order valence-electron chi connectivity index (χ2n) is 7.99. The summed E-state index contributed by atoms with van der Waals surface area (Å²) in [6.07, 6.45) is 3.82. The predicted octanol–water partition coefficient (Wildman–Crippen LogP) is 0.164. The molecule has 0 unspecified atom stereocenters. The zero-order valence-corrected chi connectivity index (χ0v) is 16.7. The van der Waals surface area contributed by atoms with Crippen molar-refractivity contribution >= 4 is 15.7 Å². The molecule has 2 aliphatic heterocycles. The van der Waals surface area contributed by atoms with E-state index in [1.807, 2.05) is 6.92 Å². The summed E-state index contributed by atoms with van der Waals surface area (Å²) in [7, 11) is -2.99. The molecule has 0 radical (unpaired) electrons. The molecule has 1 aromatic heterocycles. The molecule has 2 saturated heterocycles. The molecule has 9 heteroatoms. The highest BCUT2D eigenvalue weighted by atomic mass is 32.2. The van der Waals surface area contributed by atoms with E-state index in [1.165, 1.54) is 6.26 Å². The monoisotopic (exact) mass is 399 g/mol. The van der Waals surface area contributed by atoms with Crippen molar-refractivity contribution < 1.29 is 23.1 Å². The Balaban J connectivity index is 1.64. The van der Waals surface area contributed by atoms with Crippen molar-refractivity contribution in [1.82, 2.24) is 15.2 Å². The zero-order chi connectivity index (χ0) is 19.7. The quantitative estimate of drug-likeness (QED) is 0.651. The van der Waals surface area contributed by atoms with Crippen LogP contribution in [0.2, 0.25) is 0 Å². The molecule has 0 bridgehead atoms. The minimum absolute atomic E-state index is 0.132. The summed E-state index contributed by atoms with van der Waals surface area (Å²) in [6.45, 7) is 4.13. The van der Waals surface area contributed by atoms with Crippen molar-refractivity contribution in [3.05, 3.63) is 24.0 Å². The molecule has 3 rings (SSSR count). The SMILES string of the molecule is C[C@]1(NC(=O)c2ccc[nH]2)CCOC2(CCN(CCS(C)(=O)=O)CC2)[C@@H]1O. The Morgan fingerprint density at radius 3 is 2.70 bits per heavy atom. The average molecular weight is 400 g/mol. The number of aliphatic hydroxyl groups excluding tert-OH is 1. The highest BCUT2D eigenvalue weighted by Gasteiger charge is 2.53. The van der Waals surface area contributed by atoms with Crippen LogP contribution >= 0.6 is 0 Å². The summed E-state index contributed by atoms with van der Waals surface area (Å²) in [6, 6.07) is 3.45. The van der Waals surface area contributed by atoms with Crippen LogP contribution < -0.4 is 5.32 Å². The van der Waals surface area contributed by atoms with E-state index in [9.17, 15) is 18.3 Å². The molecule has 3 heterocycles. The van der Waals surface area contributed by atoms with Crippen LogP contribution in [0.3, 0.4) is 0 Å². The number of hydrogen-bond acceptors (Lipinski definition) is 6. The summed E-state index contributed by atoms with van der Waals surface area (Å²) in [5.74, 6) is -0.114. The number of aromatic nitrogens is 1. The molecule has 0 aliphatic carbocycles. The van der Waals surface area contributed by atoms with Crippen LogP contribution in [-0.4, -0.2) is 84.8 Å². The van der Waals surface area contributed by atoms with Gasteiger partial charge in [-0.25, -0.2) is 8.42 Å². The van der Waals surface area contributed by atoms with Crippen molar-refractivity contribution in [2.24, 2.45) is 0 Å². The first-order chi connectivity index (χ1) is 12.6. The topological polar surface area (TPSA) is 112 Å². The fourth-order valence-electron chi connectivity index (χ4n) is 4.06. The highest BCUT2D eigenvalue weighted by Crippen LogP contribution is 2.40. The first-order valence-corrected chi connectivity index (χ1v) is 11.4. The standard InChI is InChI=1S/C18H29N3O5S/c1-17(20-15(22)14-4-3-8-19-14)7-12-26-18(16(17)23)5-9-21(10-6-18)11-13-27(2,24)25/h3-4,8,16,19,23H,5-7,9-13H2,1-2H3,(H,20,22)/t16-,17+/m1/s1. The van der Waals surface area contributed by atoms with Gasteiger partial charge >= 0.3 is 0 Å². The van der Waals surface area contributed by atoms with Gasteiger partial charge in [0.05, 0.1) is 16.9 Å². The van der Waals surface area contributed by atoms with Gasteiger partial charge in [-0.3, -0.25) is 4.79 Å². The number of H-pyrrole nitrogens is 1. The maximum absolute atomic E-state index is 12.5. The van der Waals surface area contributed by atoms with Crippen LogP contribution in [0.4, 0.5) is 0 Å². The average Bonchev–Trinajstić information content (AvgIpc) is 3.13. The molecule has 1 spiro atoms. The Morgan fingerprint density at radius 1 is 1.41 bits per heavy atom. The highest BCUT2D eigenvalue weighted by molar-refractivity contribution is 7.90. The molecule has 0 saturated carbocycles. The van der Waals surface area contributed by atoms with Crippen molar-refractivity contribution in [2.75, 3.05) is 38.2 Å². The number of sulfone groups is 1. The molecule has 152 valence electrons. The fourth-order valence-corrected chi connectivity index (χ4v) is 4.65. The predicted molar refractivity (Wildman–Crippen MR) is 101 cm³/mol. The van der Waals surface area contributed by atoms with Crippen molar-refractivity contribution in [3.63, 3.8) is 0 Å². The van der Waals surface area contributed by atoms with Crippen molar-refractivity contribution in [2.45, 2.75) is 43.4 Å². The minimum atomic E-state index is -2.99. The largest absolute Gasteiger partial charge is 0.388 e. The summed E-state index contributed by atoms with van der Waals surface area (Å²) in [5.41, 5.74) is -1.04. The third kappa shape index (κ3) is 4.53. The van der Waals surface area contributed by atoms with Crippen LogP contribution in [0, 0.1) is 0 Å². The van der Waals surface area contributed by atoms with Gasteiger partial charge in [0, 0.05) is 38.7 Å². The summed E-state index contributed by atoms with van der Waals surface area (Å²) < 4.78 is 28.8. The zero-order valence-electron chi connectivity index (χ0n) is 15.9. The van der Waals surface area contributed by atoms with Gasteiger partial charge in [-0.1, -0.05) is 0 Å². The number of nitrogens with one attached hydrogen (secondary N) is 2. The second kappa shape index (κ2) is 7.54. The van der Waals surface area contributed by atoms with E-state index < -0.39 is 27.1 Å². The molecular formula is C18H29N3O5S. The first kappa shape index (κ1) is 20.3. The van der Waals surface area contributed by atoms with Crippen molar-refractivity contribution in [1.29, 1.82) is 0 Å². The number of nitrogens with zero attached hydrogens (tertiary/aromatic N) is 1. The molecular weight excluding hydrogens is 370 g/mol. The molecule has 0 aromatic carbocycles. The number of likely N-dealkylation sites (tertiary alicyclic amines) is 1. The van der Waals surface area contributed by atoms with Gasteiger partial charge in [0.25, 0.3) is 5.91 Å². The van der Waals surface area contributed by atoms with E-state index in [-0.39, 0.29) is 11.7 Å². The van der Waals surface area contributed by atoms with Crippen LogP contribution in [0.15, 0.2) is 18.3 Å². The maximum Gasteiger partial charge on any atom is 0.268 e. The number of hydrogen-bond donors (Lipinski definition) is 3. The van der Waals surface area contributed by atoms with E-state index in [1.54, 1.807) is 18.3 Å². The number of aromatic amines is 1. The summed E-state index contributed by atoms with van der Waals surface area (Å²) in [4.78, 5) is 17.4. The third-order valence-corrected chi connectivity index (χ3v) is 6.76. The van der Waals surface area contributed by atoms with Gasteiger partial charge < -0.3 is 25.0 Å². The van der Waals surface area contributed by atoms with Gasteiger partial charge in [0.2, 0.25) is 0 Å². The number of rotatable bonds is 5. The summed E-state index contributed by atoms with van der Waals surface area (Å²) >= 11 is 0. The number of piperidine rings is 1. The lowest BCUT2D eigenvalue weighted by Crippen LogP contribution is -2.69. The van der Waals surface area contributed by atoms with E-state index >= 15 is 0 Å².